The zero-order chi connectivity index (χ0) is 14.7. The van der Waals surface area contributed by atoms with Crippen molar-refractivity contribution in [2.24, 2.45) is 0 Å². The van der Waals surface area contributed by atoms with Crippen molar-refractivity contribution in [2.75, 3.05) is 14.2 Å². The zero-order valence-electron chi connectivity index (χ0n) is 11.6. The van der Waals surface area contributed by atoms with Crippen LogP contribution in [0.2, 0.25) is 5.02 Å². The molecule has 0 saturated heterocycles. The number of aryl methyl sites for hydroxylation is 1. The molecule has 0 N–H and O–H groups in total. The van der Waals surface area contributed by atoms with Crippen LogP contribution in [0.15, 0.2) is 36.4 Å². The summed E-state index contributed by atoms with van der Waals surface area (Å²) in [5.74, 6) is 1.66. The van der Waals surface area contributed by atoms with Crippen LogP contribution in [0, 0.1) is 6.92 Å². The third kappa shape index (κ3) is 3.10. The molecule has 0 aliphatic rings. The third-order valence-electron chi connectivity index (χ3n) is 3.18. The van der Waals surface area contributed by atoms with E-state index in [4.69, 9.17) is 21.1 Å². The molecule has 1 atom stereocenters. The van der Waals surface area contributed by atoms with Crippen LogP contribution in [-0.2, 0) is 0 Å². The molecular weight excluding hydrogens is 340 g/mol. The second-order valence-electron chi connectivity index (χ2n) is 4.48. The molecule has 0 bridgehead atoms. The lowest BCUT2D eigenvalue weighted by Crippen LogP contribution is -1.98. The number of hydrogen-bond donors (Lipinski definition) is 0. The summed E-state index contributed by atoms with van der Waals surface area (Å²) in [5, 5.41) is 0.663. The standard InChI is InChI=1S/C16H16BrClO2/c1-10-8-11(4-7-14(10)19-2)16(17)13-6-5-12(18)9-15(13)20-3/h4-9,16H,1-3H3. The number of alkyl halides is 1. The summed E-state index contributed by atoms with van der Waals surface area (Å²) in [6.07, 6.45) is 0. The summed E-state index contributed by atoms with van der Waals surface area (Å²) in [4.78, 5) is 0.0410. The van der Waals surface area contributed by atoms with Crippen LogP contribution in [-0.4, -0.2) is 14.2 Å². The van der Waals surface area contributed by atoms with Crippen molar-refractivity contribution in [3.8, 4) is 11.5 Å². The SMILES string of the molecule is COc1ccc(C(Br)c2ccc(Cl)cc2OC)cc1C. The van der Waals surface area contributed by atoms with Crippen LogP contribution < -0.4 is 9.47 Å². The van der Waals surface area contributed by atoms with Crippen molar-refractivity contribution < 1.29 is 9.47 Å². The van der Waals surface area contributed by atoms with E-state index in [1.54, 1.807) is 14.2 Å². The lowest BCUT2D eigenvalue weighted by molar-refractivity contribution is 0.410. The molecule has 2 nitrogen and oxygen atoms in total. The van der Waals surface area contributed by atoms with Crippen molar-refractivity contribution in [2.45, 2.75) is 11.8 Å². The molecule has 0 aliphatic carbocycles. The van der Waals surface area contributed by atoms with E-state index in [0.29, 0.717) is 5.02 Å². The van der Waals surface area contributed by atoms with Gasteiger partial charge in [-0.3, -0.25) is 0 Å². The Kier molecular flexibility index (Phi) is 4.95. The molecule has 2 aromatic carbocycles. The van der Waals surface area contributed by atoms with Gasteiger partial charge in [0.05, 0.1) is 19.0 Å². The molecule has 0 saturated carbocycles. The largest absolute Gasteiger partial charge is 0.496 e. The van der Waals surface area contributed by atoms with E-state index < -0.39 is 0 Å². The van der Waals surface area contributed by atoms with Crippen LogP contribution in [0.1, 0.15) is 21.5 Å². The van der Waals surface area contributed by atoms with Crippen LogP contribution in [0.3, 0.4) is 0 Å². The fourth-order valence-electron chi connectivity index (χ4n) is 2.13. The normalized spacial score (nSPS) is 12.1. The minimum Gasteiger partial charge on any atom is -0.496 e. The molecule has 0 aliphatic heterocycles. The smallest absolute Gasteiger partial charge is 0.125 e. The number of benzene rings is 2. The first-order valence-electron chi connectivity index (χ1n) is 6.19. The number of rotatable bonds is 4. The molecule has 106 valence electrons. The highest BCUT2D eigenvalue weighted by atomic mass is 79.9. The zero-order valence-corrected chi connectivity index (χ0v) is 14.0. The maximum Gasteiger partial charge on any atom is 0.125 e. The Hall–Kier alpha value is -1.19. The average Bonchev–Trinajstić information content (AvgIpc) is 2.46. The first-order valence-corrected chi connectivity index (χ1v) is 7.48. The number of methoxy groups -OCH3 is 2. The van der Waals surface area contributed by atoms with Gasteiger partial charge in [0.15, 0.2) is 0 Å². The van der Waals surface area contributed by atoms with Crippen LogP contribution in [0.5, 0.6) is 11.5 Å². The second-order valence-corrected chi connectivity index (χ2v) is 5.83. The third-order valence-corrected chi connectivity index (χ3v) is 4.44. The molecule has 1 unspecified atom stereocenters. The van der Waals surface area contributed by atoms with Gasteiger partial charge in [-0.25, -0.2) is 0 Å². The molecular formula is C16H16BrClO2. The van der Waals surface area contributed by atoms with Crippen molar-refractivity contribution in [3.05, 3.63) is 58.1 Å². The van der Waals surface area contributed by atoms with Crippen molar-refractivity contribution in [3.63, 3.8) is 0 Å². The van der Waals surface area contributed by atoms with E-state index in [0.717, 1.165) is 28.2 Å². The molecule has 0 fully saturated rings. The molecule has 0 heterocycles. The summed E-state index contributed by atoms with van der Waals surface area (Å²) in [6, 6.07) is 11.8. The highest BCUT2D eigenvalue weighted by Gasteiger charge is 2.16. The minimum atomic E-state index is 0.0410. The summed E-state index contributed by atoms with van der Waals surface area (Å²) >= 11 is 9.73. The Balaban J connectivity index is 2.40. The Morgan fingerprint density at radius 2 is 1.70 bits per heavy atom. The fraction of sp³-hybridized carbons (Fsp3) is 0.250. The number of hydrogen-bond acceptors (Lipinski definition) is 2. The predicted molar refractivity (Wildman–Crippen MR) is 86.5 cm³/mol. The molecule has 4 heteroatoms. The van der Waals surface area contributed by atoms with Gasteiger partial charge in [-0.15, -0.1) is 0 Å². The van der Waals surface area contributed by atoms with E-state index >= 15 is 0 Å². The second kappa shape index (κ2) is 6.51. The highest BCUT2D eigenvalue weighted by molar-refractivity contribution is 9.09. The summed E-state index contributed by atoms with van der Waals surface area (Å²) < 4.78 is 10.7. The van der Waals surface area contributed by atoms with Gasteiger partial charge < -0.3 is 9.47 Å². The van der Waals surface area contributed by atoms with Crippen LogP contribution >= 0.6 is 27.5 Å². The Labute approximate surface area is 132 Å². The van der Waals surface area contributed by atoms with E-state index in [-0.39, 0.29) is 4.83 Å². The molecule has 2 rings (SSSR count). The molecule has 0 radical (unpaired) electrons. The quantitative estimate of drug-likeness (QED) is 0.706. The van der Waals surface area contributed by atoms with E-state index in [9.17, 15) is 0 Å². The maximum atomic E-state index is 6.00. The van der Waals surface area contributed by atoms with E-state index in [1.165, 1.54) is 0 Å². The molecule has 0 aromatic heterocycles. The van der Waals surface area contributed by atoms with Crippen molar-refractivity contribution in [1.29, 1.82) is 0 Å². The highest BCUT2D eigenvalue weighted by Crippen LogP contribution is 2.38. The van der Waals surface area contributed by atoms with Gasteiger partial charge in [0, 0.05) is 10.6 Å². The maximum absolute atomic E-state index is 6.00. The van der Waals surface area contributed by atoms with Gasteiger partial charge in [0.2, 0.25) is 0 Å². The average molecular weight is 356 g/mol. The predicted octanol–water partition coefficient (Wildman–Crippen LogP) is 5.15. The lowest BCUT2D eigenvalue weighted by atomic mass is 10.0. The van der Waals surface area contributed by atoms with E-state index in [1.807, 2.05) is 37.3 Å². The summed E-state index contributed by atoms with van der Waals surface area (Å²) in [7, 11) is 3.32. The van der Waals surface area contributed by atoms with Gasteiger partial charge >= 0.3 is 0 Å². The monoisotopic (exact) mass is 354 g/mol. The van der Waals surface area contributed by atoms with Gasteiger partial charge in [-0.2, -0.15) is 0 Å². The van der Waals surface area contributed by atoms with Crippen LogP contribution in [0.4, 0.5) is 0 Å². The van der Waals surface area contributed by atoms with E-state index in [2.05, 4.69) is 22.0 Å². The number of ether oxygens (including phenoxy) is 2. The molecule has 20 heavy (non-hydrogen) atoms. The first-order chi connectivity index (χ1) is 9.56. The first kappa shape index (κ1) is 15.2. The summed E-state index contributed by atoms with van der Waals surface area (Å²) in [6.45, 7) is 2.03. The lowest BCUT2D eigenvalue weighted by Gasteiger charge is -2.16. The topological polar surface area (TPSA) is 18.5 Å². The van der Waals surface area contributed by atoms with Gasteiger partial charge in [0.25, 0.3) is 0 Å². The molecule has 2 aromatic rings. The minimum absolute atomic E-state index is 0.0410. The van der Waals surface area contributed by atoms with Crippen molar-refractivity contribution >= 4 is 27.5 Å². The van der Waals surface area contributed by atoms with Gasteiger partial charge in [0.1, 0.15) is 11.5 Å². The Bertz CT molecular complexity index is 613. The Morgan fingerprint density at radius 3 is 2.30 bits per heavy atom. The Morgan fingerprint density at radius 1 is 1.00 bits per heavy atom. The van der Waals surface area contributed by atoms with Gasteiger partial charge in [-0.1, -0.05) is 45.7 Å². The van der Waals surface area contributed by atoms with Gasteiger partial charge in [-0.05, 0) is 36.2 Å². The van der Waals surface area contributed by atoms with Crippen molar-refractivity contribution in [1.82, 2.24) is 0 Å². The molecule has 0 amide bonds. The fourth-order valence-corrected chi connectivity index (χ4v) is 2.96. The molecule has 0 spiro atoms. The van der Waals surface area contributed by atoms with Crippen LogP contribution in [0.25, 0.3) is 0 Å². The summed E-state index contributed by atoms with van der Waals surface area (Å²) in [5.41, 5.74) is 3.28. The number of halogens is 2.